The fourth-order valence-corrected chi connectivity index (χ4v) is 2.12. The molecule has 0 saturated carbocycles. The summed E-state index contributed by atoms with van der Waals surface area (Å²) < 4.78 is 0.989. The minimum atomic E-state index is -0.00282. The van der Waals surface area contributed by atoms with Crippen LogP contribution in [0.25, 0.3) is 0 Å². The molecule has 2 nitrogen and oxygen atoms in total. The topological polar surface area (TPSA) is 29.1 Å². The van der Waals surface area contributed by atoms with Gasteiger partial charge < -0.3 is 5.32 Å². The van der Waals surface area contributed by atoms with E-state index >= 15 is 0 Å². The fourth-order valence-electron chi connectivity index (χ4n) is 1.67. The molecule has 0 aliphatic rings. The number of hydrogen-bond acceptors (Lipinski definition) is 1. The predicted molar refractivity (Wildman–Crippen MR) is 77.7 cm³/mol. The summed E-state index contributed by atoms with van der Waals surface area (Å²) in [6, 6.07) is 15.6. The van der Waals surface area contributed by atoms with Gasteiger partial charge in [-0.25, -0.2) is 0 Å². The van der Waals surface area contributed by atoms with Gasteiger partial charge in [-0.05, 0) is 36.8 Å². The van der Waals surface area contributed by atoms with Crippen LogP contribution in [0.5, 0.6) is 0 Å². The molecule has 2 aromatic rings. The molecule has 0 bridgehead atoms. The minimum absolute atomic E-state index is 0.00282. The lowest BCUT2D eigenvalue weighted by atomic mass is 10.1. The lowest BCUT2D eigenvalue weighted by molar-refractivity contribution is -0.115. The lowest BCUT2D eigenvalue weighted by Gasteiger charge is -2.06. The first-order valence-electron chi connectivity index (χ1n) is 5.74. The highest BCUT2D eigenvalue weighted by Gasteiger charge is 2.04. The number of nitrogens with one attached hydrogen (secondary N) is 1. The summed E-state index contributed by atoms with van der Waals surface area (Å²) in [4.78, 5) is 11.9. The van der Waals surface area contributed by atoms with Gasteiger partial charge in [0.15, 0.2) is 0 Å². The molecule has 2 aromatic carbocycles. The Labute approximate surface area is 115 Å². The van der Waals surface area contributed by atoms with Crippen molar-refractivity contribution in [3.05, 3.63) is 64.1 Å². The zero-order valence-electron chi connectivity index (χ0n) is 10.1. The Morgan fingerprint density at radius 1 is 1.17 bits per heavy atom. The maximum atomic E-state index is 11.9. The number of rotatable bonds is 3. The Bertz CT molecular complexity index is 549. The summed E-state index contributed by atoms with van der Waals surface area (Å²) in [5.41, 5.74) is 3.01. The van der Waals surface area contributed by atoms with Crippen molar-refractivity contribution in [3.8, 4) is 0 Å². The van der Waals surface area contributed by atoms with Gasteiger partial charge in [0.1, 0.15) is 0 Å². The number of aryl methyl sites for hydroxylation is 1. The lowest BCUT2D eigenvalue weighted by Crippen LogP contribution is -2.14. The highest BCUT2D eigenvalue weighted by Crippen LogP contribution is 2.13. The average Bonchev–Trinajstić information content (AvgIpc) is 2.32. The van der Waals surface area contributed by atoms with E-state index in [1.54, 1.807) is 0 Å². The van der Waals surface area contributed by atoms with Crippen molar-refractivity contribution in [2.45, 2.75) is 13.3 Å². The van der Waals surface area contributed by atoms with Crippen molar-refractivity contribution < 1.29 is 4.79 Å². The van der Waals surface area contributed by atoms with Crippen molar-refractivity contribution in [1.29, 1.82) is 0 Å². The van der Waals surface area contributed by atoms with Crippen molar-refractivity contribution in [2.24, 2.45) is 0 Å². The summed E-state index contributed by atoms with van der Waals surface area (Å²) in [5.74, 6) is -0.00282. The Balaban J connectivity index is 1.98. The maximum absolute atomic E-state index is 11.9. The van der Waals surface area contributed by atoms with Gasteiger partial charge in [0.05, 0.1) is 6.42 Å². The molecule has 1 amide bonds. The van der Waals surface area contributed by atoms with Crippen molar-refractivity contribution in [2.75, 3.05) is 5.32 Å². The average molecular weight is 304 g/mol. The summed E-state index contributed by atoms with van der Waals surface area (Å²) >= 11 is 3.40. The Morgan fingerprint density at radius 2 is 1.89 bits per heavy atom. The van der Waals surface area contributed by atoms with E-state index in [2.05, 4.69) is 21.2 Å². The normalized spacial score (nSPS) is 10.1. The van der Waals surface area contributed by atoms with Gasteiger partial charge >= 0.3 is 0 Å². The van der Waals surface area contributed by atoms with Gasteiger partial charge in [-0.15, -0.1) is 0 Å². The third-order valence-electron chi connectivity index (χ3n) is 2.59. The van der Waals surface area contributed by atoms with Crippen LogP contribution in [0.1, 0.15) is 11.1 Å². The van der Waals surface area contributed by atoms with Gasteiger partial charge in [0.25, 0.3) is 0 Å². The van der Waals surface area contributed by atoms with Crippen LogP contribution in [0.4, 0.5) is 5.69 Å². The Morgan fingerprint density at radius 3 is 2.56 bits per heavy atom. The molecule has 0 aromatic heterocycles. The van der Waals surface area contributed by atoms with Gasteiger partial charge in [-0.1, -0.05) is 45.8 Å². The first kappa shape index (κ1) is 12.8. The molecule has 1 N–H and O–H groups in total. The molecular weight excluding hydrogens is 290 g/mol. The summed E-state index contributed by atoms with van der Waals surface area (Å²) in [7, 11) is 0. The second-order valence-electron chi connectivity index (χ2n) is 4.22. The molecule has 0 aliphatic carbocycles. The smallest absolute Gasteiger partial charge is 0.228 e. The van der Waals surface area contributed by atoms with E-state index < -0.39 is 0 Å². The standard InChI is InChI=1S/C15H14BrNO/c1-11-5-7-14(8-6-11)17-15(18)10-12-3-2-4-13(16)9-12/h2-9H,10H2,1H3,(H,17,18). The summed E-state index contributed by atoms with van der Waals surface area (Å²) in [6.45, 7) is 2.02. The number of benzene rings is 2. The number of hydrogen-bond donors (Lipinski definition) is 1. The molecule has 0 spiro atoms. The number of amides is 1. The molecule has 0 atom stereocenters. The van der Waals surface area contributed by atoms with Gasteiger partial charge in [0, 0.05) is 10.2 Å². The molecule has 3 heteroatoms. The predicted octanol–water partition coefficient (Wildman–Crippen LogP) is 3.94. The second-order valence-corrected chi connectivity index (χ2v) is 5.14. The van der Waals surface area contributed by atoms with Crippen molar-refractivity contribution >= 4 is 27.5 Å². The highest BCUT2D eigenvalue weighted by atomic mass is 79.9. The van der Waals surface area contributed by atoms with E-state index in [0.717, 1.165) is 15.7 Å². The molecule has 0 radical (unpaired) electrons. The number of carbonyl (C=O) groups is 1. The molecule has 0 aliphatic heterocycles. The van der Waals surface area contributed by atoms with Crippen LogP contribution >= 0.6 is 15.9 Å². The van der Waals surface area contributed by atoms with Crippen LogP contribution in [-0.4, -0.2) is 5.91 Å². The molecule has 92 valence electrons. The van der Waals surface area contributed by atoms with Gasteiger partial charge in [0.2, 0.25) is 5.91 Å². The maximum Gasteiger partial charge on any atom is 0.228 e. The van der Waals surface area contributed by atoms with Crippen molar-refractivity contribution in [1.82, 2.24) is 0 Å². The number of halogens is 1. The fraction of sp³-hybridized carbons (Fsp3) is 0.133. The first-order valence-corrected chi connectivity index (χ1v) is 6.54. The molecule has 18 heavy (non-hydrogen) atoms. The van der Waals surface area contributed by atoms with Crippen molar-refractivity contribution in [3.63, 3.8) is 0 Å². The molecule has 0 unspecified atom stereocenters. The van der Waals surface area contributed by atoms with E-state index in [1.165, 1.54) is 5.56 Å². The largest absolute Gasteiger partial charge is 0.326 e. The van der Waals surface area contributed by atoms with Gasteiger partial charge in [-0.3, -0.25) is 4.79 Å². The van der Waals surface area contributed by atoms with Crippen LogP contribution in [0.3, 0.4) is 0 Å². The second kappa shape index (κ2) is 5.83. The Kier molecular flexibility index (Phi) is 4.15. The first-order chi connectivity index (χ1) is 8.63. The zero-order chi connectivity index (χ0) is 13.0. The van der Waals surface area contributed by atoms with E-state index in [0.29, 0.717) is 6.42 Å². The molecular formula is C15H14BrNO. The molecule has 0 fully saturated rings. The zero-order valence-corrected chi connectivity index (χ0v) is 11.7. The SMILES string of the molecule is Cc1ccc(NC(=O)Cc2cccc(Br)c2)cc1. The number of anilines is 1. The monoisotopic (exact) mass is 303 g/mol. The quantitative estimate of drug-likeness (QED) is 0.914. The number of carbonyl (C=O) groups excluding carboxylic acids is 1. The molecule has 0 saturated heterocycles. The third kappa shape index (κ3) is 3.70. The van der Waals surface area contributed by atoms with Gasteiger partial charge in [-0.2, -0.15) is 0 Å². The molecule has 0 heterocycles. The van der Waals surface area contributed by atoms with Crippen LogP contribution in [0, 0.1) is 6.92 Å². The highest BCUT2D eigenvalue weighted by molar-refractivity contribution is 9.10. The van der Waals surface area contributed by atoms with E-state index in [9.17, 15) is 4.79 Å². The van der Waals surface area contributed by atoms with Crippen LogP contribution in [-0.2, 0) is 11.2 Å². The van der Waals surface area contributed by atoms with Crippen LogP contribution < -0.4 is 5.32 Å². The van der Waals surface area contributed by atoms with E-state index in [1.807, 2.05) is 55.5 Å². The third-order valence-corrected chi connectivity index (χ3v) is 3.08. The molecule has 2 rings (SSSR count). The summed E-state index contributed by atoms with van der Waals surface area (Å²) in [5, 5.41) is 2.88. The van der Waals surface area contributed by atoms with E-state index in [4.69, 9.17) is 0 Å². The van der Waals surface area contributed by atoms with E-state index in [-0.39, 0.29) is 5.91 Å². The Hall–Kier alpha value is -1.61. The minimum Gasteiger partial charge on any atom is -0.326 e. The summed E-state index contributed by atoms with van der Waals surface area (Å²) in [6.07, 6.45) is 0.382. The van der Waals surface area contributed by atoms with Crippen LogP contribution in [0.2, 0.25) is 0 Å². The van der Waals surface area contributed by atoms with Crippen LogP contribution in [0.15, 0.2) is 53.0 Å².